The van der Waals surface area contributed by atoms with Crippen LogP contribution in [0, 0.1) is 6.92 Å². The highest BCUT2D eigenvalue weighted by molar-refractivity contribution is 7.99. The summed E-state index contributed by atoms with van der Waals surface area (Å²) < 4.78 is 1.96. The Balaban J connectivity index is 2.30. The first-order valence-corrected chi connectivity index (χ1v) is 5.69. The molecule has 2 aromatic rings. The van der Waals surface area contributed by atoms with Crippen LogP contribution in [0.25, 0.3) is 0 Å². The fraction of sp³-hybridized carbons (Fsp3) is 0.300. The quantitative estimate of drug-likeness (QED) is 0.821. The van der Waals surface area contributed by atoms with E-state index in [1.54, 1.807) is 13.2 Å². The van der Waals surface area contributed by atoms with Crippen molar-refractivity contribution in [3.05, 3.63) is 24.2 Å². The van der Waals surface area contributed by atoms with Gasteiger partial charge in [-0.3, -0.25) is 0 Å². The van der Waals surface area contributed by atoms with E-state index in [9.17, 15) is 0 Å². The number of hydrogen-bond acceptors (Lipinski definition) is 5. The normalized spacial score (nSPS) is 10.4. The molecule has 84 valence electrons. The number of aryl methyl sites for hydroxylation is 2. The number of hydrogen-bond donors (Lipinski definition) is 1. The van der Waals surface area contributed by atoms with Crippen molar-refractivity contribution in [3.63, 3.8) is 0 Å². The lowest BCUT2D eigenvalue weighted by molar-refractivity contribution is 0.788. The van der Waals surface area contributed by atoms with E-state index in [0.29, 0.717) is 5.95 Å². The van der Waals surface area contributed by atoms with E-state index in [0.717, 1.165) is 15.7 Å². The Morgan fingerprint density at radius 1 is 1.38 bits per heavy atom. The van der Waals surface area contributed by atoms with E-state index >= 15 is 0 Å². The molecule has 0 aliphatic rings. The second-order valence-electron chi connectivity index (χ2n) is 3.35. The maximum absolute atomic E-state index is 4.39. The SMILES string of the molecule is CNc1ncc(C)c(Sc2nccn2C)n1. The molecule has 0 saturated carbocycles. The Labute approximate surface area is 98.3 Å². The smallest absolute Gasteiger partial charge is 0.223 e. The molecule has 0 saturated heterocycles. The van der Waals surface area contributed by atoms with Crippen LogP contribution in [-0.4, -0.2) is 26.6 Å². The highest BCUT2D eigenvalue weighted by Crippen LogP contribution is 2.26. The molecule has 2 heterocycles. The Morgan fingerprint density at radius 2 is 2.19 bits per heavy atom. The van der Waals surface area contributed by atoms with Gasteiger partial charge in [0.15, 0.2) is 5.16 Å². The summed E-state index contributed by atoms with van der Waals surface area (Å²) >= 11 is 1.54. The Bertz CT molecular complexity index is 494. The van der Waals surface area contributed by atoms with Gasteiger partial charge in [-0.25, -0.2) is 15.0 Å². The molecule has 0 spiro atoms. The molecule has 0 unspecified atom stereocenters. The van der Waals surface area contributed by atoms with E-state index in [4.69, 9.17) is 0 Å². The van der Waals surface area contributed by atoms with Crippen LogP contribution in [0.4, 0.5) is 5.95 Å². The van der Waals surface area contributed by atoms with Gasteiger partial charge in [0.05, 0.1) is 0 Å². The second-order valence-corrected chi connectivity index (χ2v) is 4.31. The molecule has 0 aliphatic heterocycles. The van der Waals surface area contributed by atoms with Gasteiger partial charge in [-0.05, 0) is 18.7 Å². The molecule has 0 aliphatic carbocycles. The molecule has 0 bridgehead atoms. The van der Waals surface area contributed by atoms with Gasteiger partial charge in [0, 0.05) is 38.2 Å². The molecule has 0 radical (unpaired) electrons. The zero-order valence-electron chi connectivity index (χ0n) is 9.43. The standard InChI is InChI=1S/C10H13N5S/c1-7-6-13-9(11-2)14-8(7)16-10-12-4-5-15(10)3/h4-6H,1-3H3,(H,11,13,14). The minimum atomic E-state index is 0.627. The molecular formula is C10H13N5S. The molecule has 0 atom stereocenters. The van der Waals surface area contributed by atoms with E-state index < -0.39 is 0 Å². The van der Waals surface area contributed by atoms with Crippen molar-refractivity contribution >= 4 is 17.7 Å². The minimum absolute atomic E-state index is 0.627. The van der Waals surface area contributed by atoms with Crippen LogP contribution in [0.2, 0.25) is 0 Å². The lowest BCUT2D eigenvalue weighted by Gasteiger charge is -2.05. The van der Waals surface area contributed by atoms with Crippen molar-refractivity contribution < 1.29 is 0 Å². The van der Waals surface area contributed by atoms with Crippen molar-refractivity contribution in [2.45, 2.75) is 17.1 Å². The van der Waals surface area contributed by atoms with Crippen molar-refractivity contribution in [2.75, 3.05) is 12.4 Å². The van der Waals surface area contributed by atoms with E-state index in [-0.39, 0.29) is 0 Å². The average molecular weight is 235 g/mol. The zero-order valence-corrected chi connectivity index (χ0v) is 10.2. The average Bonchev–Trinajstić information content (AvgIpc) is 2.68. The first kappa shape index (κ1) is 10.9. The molecule has 6 heteroatoms. The molecule has 5 nitrogen and oxygen atoms in total. The van der Waals surface area contributed by atoms with Gasteiger partial charge in [0.25, 0.3) is 0 Å². The van der Waals surface area contributed by atoms with Crippen LogP contribution in [0.15, 0.2) is 28.8 Å². The molecule has 0 amide bonds. The van der Waals surface area contributed by atoms with E-state index in [1.165, 1.54) is 11.8 Å². The summed E-state index contributed by atoms with van der Waals surface area (Å²) in [6, 6.07) is 0. The monoisotopic (exact) mass is 235 g/mol. The van der Waals surface area contributed by atoms with Gasteiger partial charge in [-0.1, -0.05) is 0 Å². The van der Waals surface area contributed by atoms with Crippen LogP contribution >= 0.6 is 11.8 Å². The molecular weight excluding hydrogens is 222 g/mol. The number of imidazole rings is 1. The van der Waals surface area contributed by atoms with Gasteiger partial charge in [0.1, 0.15) is 5.03 Å². The molecule has 0 aromatic carbocycles. The predicted octanol–water partition coefficient (Wildman–Crippen LogP) is 1.71. The summed E-state index contributed by atoms with van der Waals surface area (Å²) in [6.45, 7) is 1.99. The lowest BCUT2D eigenvalue weighted by atomic mass is 10.4. The lowest BCUT2D eigenvalue weighted by Crippen LogP contribution is -1.99. The maximum atomic E-state index is 4.39. The third-order valence-electron chi connectivity index (χ3n) is 2.11. The minimum Gasteiger partial charge on any atom is -0.357 e. The first-order valence-electron chi connectivity index (χ1n) is 4.87. The molecule has 16 heavy (non-hydrogen) atoms. The Hall–Kier alpha value is -1.56. The number of rotatable bonds is 3. The third kappa shape index (κ3) is 2.16. The number of nitrogens with one attached hydrogen (secondary N) is 1. The van der Waals surface area contributed by atoms with Gasteiger partial charge >= 0.3 is 0 Å². The van der Waals surface area contributed by atoms with Crippen molar-refractivity contribution in [1.29, 1.82) is 0 Å². The Kier molecular flexibility index (Phi) is 3.09. The summed E-state index contributed by atoms with van der Waals surface area (Å²) in [5.74, 6) is 0.627. The summed E-state index contributed by atoms with van der Waals surface area (Å²) in [4.78, 5) is 12.8. The van der Waals surface area contributed by atoms with E-state index in [2.05, 4.69) is 20.3 Å². The first-order chi connectivity index (χ1) is 7.70. The van der Waals surface area contributed by atoms with Crippen LogP contribution in [0.1, 0.15) is 5.56 Å². The Morgan fingerprint density at radius 3 is 2.81 bits per heavy atom. The van der Waals surface area contributed by atoms with Gasteiger partial charge in [-0.15, -0.1) is 0 Å². The molecule has 2 aromatic heterocycles. The highest BCUT2D eigenvalue weighted by atomic mass is 32.2. The molecule has 1 N–H and O–H groups in total. The highest BCUT2D eigenvalue weighted by Gasteiger charge is 2.08. The largest absolute Gasteiger partial charge is 0.357 e. The summed E-state index contributed by atoms with van der Waals surface area (Å²) in [7, 11) is 3.77. The molecule has 2 rings (SSSR count). The van der Waals surface area contributed by atoms with Crippen LogP contribution < -0.4 is 5.32 Å². The van der Waals surface area contributed by atoms with Crippen LogP contribution in [0.5, 0.6) is 0 Å². The summed E-state index contributed by atoms with van der Waals surface area (Å²) in [5.41, 5.74) is 1.05. The number of aromatic nitrogens is 4. The van der Waals surface area contributed by atoms with Crippen molar-refractivity contribution in [2.24, 2.45) is 7.05 Å². The van der Waals surface area contributed by atoms with Gasteiger partial charge in [0.2, 0.25) is 5.95 Å². The van der Waals surface area contributed by atoms with Crippen LogP contribution in [-0.2, 0) is 7.05 Å². The topological polar surface area (TPSA) is 55.6 Å². The fourth-order valence-corrected chi connectivity index (χ4v) is 2.02. The predicted molar refractivity (Wildman–Crippen MR) is 63.6 cm³/mol. The number of nitrogens with zero attached hydrogens (tertiary/aromatic N) is 4. The van der Waals surface area contributed by atoms with Gasteiger partial charge < -0.3 is 9.88 Å². The van der Waals surface area contributed by atoms with E-state index in [1.807, 2.05) is 30.9 Å². The summed E-state index contributed by atoms with van der Waals surface area (Å²) in [6.07, 6.45) is 5.50. The maximum Gasteiger partial charge on any atom is 0.223 e. The summed E-state index contributed by atoms with van der Waals surface area (Å²) in [5, 5.41) is 4.77. The number of anilines is 1. The molecule has 0 fully saturated rings. The zero-order chi connectivity index (χ0) is 11.5. The van der Waals surface area contributed by atoms with Crippen molar-refractivity contribution in [1.82, 2.24) is 19.5 Å². The second kappa shape index (κ2) is 4.52. The third-order valence-corrected chi connectivity index (χ3v) is 3.30. The van der Waals surface area contributed by atoms with Gasteiger partial charge in [-0.2, -0.15) is 0 Å². The van der Waals surface area contributed by atoms with Crippen LogP contribution in [0.3, 0.4) is 0 Å². The van der Waals surface area contributed by atoms with Crippen molar-refractivity contribution in [3.8, 4) is 0 Å². The fourth-order valence-electron chi connectivity index (χ4n) is 1.19.